The Morgan fingerprint density at radius 3 is 1.38 bits per heavy atom. The maximum atomic E-state index is 7.00. The van der Waals surface area contributed by atoms with Crippen LogP contribution in [0.25, 0.3) is 0 Å². The van der Waals surface area contributed by atoms with Gasteiger partial charge in [0.25, 0.3) is 0 Å². The zero-order chi connectivity index (χ0) is 12.8. The van der Waals surface area contributed by atoms with Crippen LogP contribution in [0.5, 0.6) is 0 Å². The molecule has 0 atom stereocenters. The van der Waals surface area contributed by atoms with Crippen molar-refractivity contribution in [3.05, 3.63) is 35.9 Å². The van der Waals surface area contributed by atoms with Crippen LogP contribution in [-0.4, -0.2) is 36.8 Å². The van der Waals surface area contributed by atoms with E-state index in [1.54, 1.807) is 0 Å². The average molecular weight is 225 g/mol. The number of aliphatic hydroxyl groups is 1. The van der Waals surface area contributed by atoms with Crippen molar-refractivity contribution in [1.29, 1.82) is 0 Å². The van der Waals surface area contributed by atoms with Crippen molar-refractivity contribution in [3.63, 3.8) is 0 Å². The molecule has 2 nitrogen and oxygen atoms in total. The Morgan fingerprint density at radius 2 is 1.25 bits per heavy atom. The molecule has 0 saturated heterocycles. The Bertz CT molecular complexity index is 202. The molecule has 0 radical (unpaired) electrons. The highest BCUT2D eigenvalue weighted by Gasteiger charge is 1.89. The van der Waals surface area contributed by atoms with Gasteiger partial charge in [0.2, 0.25) is 0 Å². The minimum absolute atomic E-state index is 1.00. The smallest absolute Gasteiger partial charge is 0.0319 e. The van der Waals surface area contributed by atoms with Crippen LogP contribution >= 0.6 is 0 Å². The fourth-order valence-electron chi connectivity index (χ4n) is 1.21. The fraction of sp³-hybridized carbons (Fsp3) is 0.571. The second-order valence-corrected chi connectivity index (χ2v) is 3.27. The second kappa shape index (κ2) is 14.1. The first-order chi connectivity index (χ1) is 7.74. The van der Waals surface area contributed by atoms with Gasteiger partial charge in [-0.25, -0.2) is 0 Å². The van der Waals surface area contributed by atoms with E-state index in [0.29, 0.717) is 0 Å². The lowest BCUT2D eigenvalue weighted by atomic mass is 10.2. The Morgan fingerprint density at radius 1 is 0.875 bits per heavy atom. The van der Waals surface area contributed by atoms with Crippen LogP contribution in [0.3, 0.4) is 0 Å². The number of benzene rings is 1. The number of rotatable bonds is 3. The lowest BCUT2D eigenvalue weighted by Gasteiger charge is -2.13. The quantitative estimate of drug-likeness (QED) is 0.855. The first-order valence-electron chi connectivity index (χ1n) is 5.93. The molecular formula is C14H27NO. The maximum Gasteiger partial charge on any atom is 0.0319 e. The first kappa shape index (κ1) is 17.5. The van der Waals surface area contributed by atoms with E-state index in [-0.39, 0.29) is 0 Å². The van der Waals surface area contributed by atoms with Gasteiger partial charge in [-0.1, -0.05) is 56.7 Å². The van der Waals surface area contributed by atoms with Crippen LogP contribution < -0.4 is 0 Å². The van der Waals surface area contributed by atoms with Crippen LogP contribution in [0.1, 0.15) is 26.3 Å². The Hall–Kier alpha value is -0.860. The third-order valence-electron chi connectivity index (χ3n) is 2.28. The van der Waals surface area contributed by atoms with Crippen molar-refractivity contribution >= 4 is 0 Å². The van der Waals surface area contributed by atoms with Gasteiger partial charge in [0.05, 0.1) is 0 Å². The van der Waals surface area contributed by atoms with Crippen molar-refractivity contribution in [2.24, 2.45) is 0 Å². The van der Waals surface area contributed by atoms with Crippen LogP contribution in [0.15, 0.2) is 30.3 Å². The topological polar surface area (TPSA) is 23.5 Å². The molecule has 2 heteroatoms. The molecule has 1 rings (SSSR count). The molecule has 0 aromatic heterocycles. The van der Waals surface area contributed by atoms with Gasteiger partial charge in [0.1, 0.15) is 0 Å². The van der Waals surface area contributed by atoms with Crippen LogP contribution in [0, 0.1) is 6.92 Å². The Labute approximate surface area is 101 Å². The maximum absolute atomic E-state index is 7.00. The lowest BCUT2D eigenvalue weighted by molar-refractivity contribution is 0.321. The molecule has 94 valence electrons. The number of hydrogen-bond acceptors (Lipinski definition) is 2. The monoisotopic (exact) mass is 225 g/mol. The van der Waals surface area contributed by atoms with Gasteiger partial charge in [-0.15, -0.1) is 0 Å². The molecule has 0 saturated carbocycles. The molecule has 1 aromatic rings. The van der Waals surface area contributed by atoms with Gasteiger partial charge >= 0.3 is 0 Å². The van der Waals surface area contributed by atoms with Crippen molar-refractivity contribution in [3.8, 4) is 0 Å². The highest BCUT2D eigenvalue weighted by Crippen LogP contribution is 1.92. The largest absolute Gasteiger partial charge is 0.400 e. The molecule has 16 heavy (non-hydrogen) atoms. The summed E-state index contributed by atoms with van der Waals surface area (Å²) in [6, 6.07) is 10.3. The predicted octanol–water partition coefficient (Wildman–Crippen LogP) is 2.95. The van der Waals surface area contributed by atoms with Crippen LogP contribution in [0.4, 0.5) is 0 Å². The molecule has 0 fully saturated rings. The standard InChI is InChI=1S/C7H8.C6H15N.CH4O/c1-7-5-3-2-4-6-7;1-4-7(5-2)6-3;1-2/h2-6H,1H3;4-6H2,1-3H3;2H,1H3. The number of nitrogens with zero attached hydrogens (tertiary/aromatic N) is 1. The van der Waals surface area contributed by atoms with E-state index in [9.17, 15) is 0 Å². The van der Waals surface area contributed by atoms with Crippen molar-refractivity contribution in [2.75, 3.05) is 26.7 Å². The summed E-state index contributed by atoms with van der Waals surface area (Å²) in [4.78, 5) is 2.38. The zero-order valence-corrected chi connectivity index (χ0v) is 11.4. The summed E-state index contributed by atoms with van der Waals surface area (Å²) in [7, 11) is 1.00. The van der Waals surface area contributed by atoms with Crippen molar-refractivity contribution in [1.82, 2.24) is 4.90 Å². The van der Waals surface area contributed by atoms with E-state index in [4.69, 9.17) is 5.11 Å². The molecule has 1 aromatic carbocycles. The van der Waals surface area contributed by atoms with Gasteiger partial charge in [-0.2, -0.15) is 0 Å². The zero-order valence-electron chi connectivity index (χ0n) is 11.4. The summed E-state index contributed by atoms with van der Waals surface area (Å²) in [6.07, 6.45) is 0. The van der Waals surface area contributed by atoms with Gasteiger partial charge in [0, 0.05) is 7.11 Å². The molecule has 0 heterocycles. The Balaban J connectivity index is 0. The predicted molar refractivity (Wildman–Crippen MR) is 72.8 cm³/mol. The third-order valence-corrected chi connectivity index (χ3v) is 2.28. The van der Waals surface area contributed by atoms with Gasteiger partial charge in [0.15, 0.2) is 0 Å². The molecule has 0 aliphatic heterocycles. The second-order valence-electron chi connectivity index (χ2n) is 3.27. The number of aliphatic hydroxyl groups excluding tert-OH is 1. The Kier molecular flexibility index (Phi) is 15.5. The van der Waals surface area contributed by atoms with E-state index in [0.717, 1.165) is 7.11 Å². The van der Waals surface area contributed by atoms with Crippen molar-refractivity contribution < 1.29 is 5.11 Å². The first-order valence-corrected chi connectivity index (χ1v) is 5.93. The third kappa shape index (κ3) is 11.2. The van der Waals surface area contributed by atoms with Gasteiger partial charge in [-0.3, -0.25) is 0 Å². The summed E-state index contributed by atoms with van der Waals surface area (Å²) in [5, 5.41) is 7.00. The fourth-order valence-corrected chi connectivity index (χ4v) is 1.21. The van der Waals surface area contributed by atoms with E-state index in [2.05, 4.69) is 44.7 Å². The molecule has 1 N–H and O–H groups in total. The molecule has 0 bridgehead atoms. The summed E-state index contributed by atoms with van der Waals surface area (Å²) in [5.41, 5.74) is 1.32. The van der Waals surface area contributed by atoms with Crippen LogP contribution in [0.2, 0.25) is 0 Å². The minimum Gasteiger partial charge on any atom is -0.400 e. The van der Waals surface area contributed by atoms with Gasteiger partial charge < -0.3 is 10.0 Å². The molecule has 0 aliphatic carbocycles. The molecule has 0 amide bonds. The highest BCUT2D eigenvalue weighted by molar-refractivity contribution is 5.11. The van der Waals surface area contributed by atoms with Gasteiger partial charge in [-0.05, 0) is 26.6 Å². The van der Waals surface area contributed by atoms with E-state index in [1.807, 2.05) is 18.2 Å². The normalized spacial score (nSPS) is 8.69. The molecule has 0 spiro atoms. The summed E-state index contributed by atoms with van der Waals surface area (Å²) < 4.78 is 0. The van der Waals surface area contributed by atoms with Crippen LogP contribution in [-0.2, 0) is 0 Å². The highest BCUT2D eigenvalue weighted by atomic mass is 16.2. The van der Waals surface area contributed by atoms with E-state index < -0.39 is 0 Å². The van der Waals surface area contributed by atoms with E-state index >= 15 is 0 Å². The molecule has 0 aliphatic rings. The summed E-state index contributed by atoms with van der Waals surface area (Å²) >= 11 is 0. The summed E-state index contributed by atoms with van der Waals surface area (Å²) in [5.74, 6) is 0. The van der Waals surface area contributed by atoms with Crippen molar-refractivity contribution in [2.45, 2.75) is 27.7 Å². The summed E-state index contributed by atoms with van der Waals surface area (Å²) in [6.45, 7) is 12.2. The minimum atomic E-state index is 1.00. The number of aryl methyl sites for hydroxylation is 1. The SMILES string of the molecule is CCN(CC)CC.CO.Cc1ccccc1. The number of hydrogen-bond donors (Lipinski definition) is 1. The molecular weight excluding hydrogens is 198 g/mol. The average Bonchev–Trinajstić information content (AvgIpc) is 2.36. The molecule has 0 unspecified atom stereocenters. The lowest BCUT2D eigenvalue weighted by Crippen LogP contribution is -2.21. The van der Waals surface area contributed by atoms with E-state index in [1.165, 1.54) is 25.2 Å².